The van der Waals surface area contributed by atoms with Gasteiger partial charge in [-0.3, -0.25) is 10.1 Å². The molecule has 0 fully saturated rings. The zero-order valence-corrected chi connectivity index (χ0v) is 15.5. The number of rotatable bonds is 4. The summed E-state index contributed by atoms with van der Waals surface area (Å²) in [5, 5.41) is 3.18. The smallest absolute Gasteiger partial charge is 0.257 e. The Bertz CT molecular complexity index is 1070. The van der Waals surface area contributed by atoms with Crippen LogP contribution in [0.5, 0.6) is 5.75 Å². The molecule has 0 bridgehead atoms. The first-order chi connectivity index (χ1) is 11.8. The second kappa shape index (κ2) is 6.45. The number of thiazole rings is 1. The van der Waals surface area contributed by atoms with E-state index >= 15 is 0 Å². The molecule has 1 amide bonds. The highest BCUT2D eigenvalue weighted by Crippen LogP contribution is 2.29. The zero-order chi connectivity index (χ0) is 18.2. The molecule has 0 aliphatic rings. The normalized spacial score (nSPS) is 11.5. The van der Waals surface area contributed by atoms with Gasteiger partial charge < -0.3 is 4.74 Å². The minimum absolute atomic E-state index is 0.109. The Morgan fingerprint density at radius 3 is 2.64 bits per heavy atom. The quantitative estimate of drug-likeness (QED) is 0.755. The van der Waals surface area contributed by atoms with Crippen LogP contribution in [0.25, 0.3) is 10.2 Å². The number of ether oxygens (including phenoxy) is 1. The van der Waals surface area contributed by atoms with E-state index in [1.54, 1.807) is 26.2 Å². The van der Waals surface area contributed by atoms with Crippen molar-refractivity contribution in [2.24, 2.45) is 0 Å². The summed E-state index contributed by atoms with van der Waals surface area (Å²) < 4.78 is 29.5. The van der Waals surface area contributed by atoms with Crippen LogP contribution in [0.3, 0.4) is 0 Å². The molecule has 3 aromatic rings. The molecule has 2 aromatic carbocycles. The molecule has 0 saturated carbocycles. The maximum atomic E-state index is 12.6. The molecular weight excluding hydrogens is 360 g/mol. The molecule has 6 nitrogen and oxygen atoms in total. The fourth-order valence-corrected chi connectivity index (χ4v) is 3.86. The average molecular weight is 376 g/mol. The van der Waals surface area contributed by atoms with Crippen LogP contribution in [-0.4, -0.2) is 32.7 Å². The molecule has 0 saturated heterocycles. The van der Waals surface area contributed by atoms with Crippen LogP contribution in [0.15, 0.2) is 41.3 Å². The molecular formula is C17H16N2O4S2. The molecule has 130 valence electrons. The van der Waals surface area contributed by atoms with E-state index in [4.69, 9.17) is 4.74 Å². The first-order valence-corrected chi connectivity index (χ1v) is 10.1. The van der Waals surface area contributed by atoms with Gasteiger partial charge in [-0.2, -0.15) is 0 Å². The summed E-state index contributed by atoms with van der Waals surface area (Å²) in [7, 11) is -1.80. The number of amides is 1. The van der Waals surface area contributed by atoms with E-state index in [-0.39, 0.29) is 4.90 Å². The van der Waals surface area contributed by atoms with Gasteiger partial charge in [-0.05, 0) is 42.8 Å². The molecule has 0 atom stereocenters. The van der Waals surface area contributed by atoms with Gasteiger partial charge in [-0.25, -0.2) is 13.4 Å². The lowest BCUT2D eigenvalue weighted by atomic mass is 10.1. The molecule has 8 heteroatoms. The molecule has 1 aromatic heterocycles. The van der Waals surface area contributed by atoms with Gasteiger partial charge >= 0.3 is 0 Å². The lowest BCUT2D eigenvalue weighted by molar-refractivity contribution is 0.102. The number of aromatic nitrogens is 1. The van der Waals surface area contributed by atoms with Crippen LogP contribution in [0, 0.1) is 6.92 Å². The van der Waals surface area contributed by atoms with Gasteiger partial charge in [0, 0.05) is 11.8 Å². The van der Waals surface area contributed by atoms with E-state index in [0.29, 0.717) is 22.0 Å². The standard InChI is InChI=1S/C17H16N2O4S2/c1-10-4-6-12(25(3,21)22)9-13(10)16(20)19-17-18-14-7-5-11(23-2)8-15(14)24-17/h4-9H,1-3H3,(H,18,19,20). The minimum atomic E-state index is -3.38. The second-order valence-electron chi connectivity index (χ2n) is 5.56. The minimum Gasteiger partial charge on any atom is -0.497 e. The molecule has 0 aliphatic heterocycles. The van der Waals surface area contributed by atoms with Crippen LogP contribution in [-0.2, 0) is 9.84 Å². The molecule has 1 heterocycles. The predicted octanol–water partition coefficient (Wildman–Crippen LogP) is 3.27. The summed E-state index contributed by atoms with van der Waals surface area (Å²) in [6.45, 7) is 1.75. The SMILES string of the molecule is COc1ccc2nc(NC(=O)c3cc(S(C)(=O)=O)ccc3C)sc2c1. The van der Waals surface area contributed by atoms with Crippen molar-refractivity contribution in [1.29, 1.82) is 0 Å². The lowest BCUT2D eigenvalue weighted by Gasteiger charge is -2.07. The number of benzene rings is 2. The first kappa shape index (κ1) is 17.4. The van der Waals surface area contributed by atoms with Crippen molar-refractivity contribution in [3.05, 3.63) is 47.5 Å². The fourth-order valence-electron chi connectivity index (χ4n) is 2.33. The third-order valence-electron chi connectivity index (χ3n) is 3.70. The number of fused-ring (bicyclic) bond motifs is 1. The highest BCUT2D eigenvalue weighted by molar-refractivity contribution is 7.90. The van der Waals surface area contributed by atoms with E-state index in [2.05, 4.69) is 10.3 Å². The molecule has 0 spiro atoms. The van der Waals surface area contributed by atoms with Gasteiger partial charge in [0.2, 0.25) is 0 Å². The Hall–Kier alpha value is -2.45. The number of carbonyl (C=O) groups excluding carboxylic acids is 1. The second-order valence-corrected chi connectivity index (χ2v) is 8.60. The number of nitrogens with zero attached hydrogens (tertiary/aromatic N) is 1. The number of methoxy groups -OCH3 is 1. The molecule has 25 heavy (non-hydrogen) atoms. The Morgan fingerprint density at radius 2 is 1.96 bits per heavy atom. The van der Waals surface area contributed by atoms with Crippen LogP contribution in [0.4, 0.5) is 5.13 Å². The Morgan fingerprint density at radius 1 is 1.20 bits per heavy atom. The summed E-state index contributed by atoms with van der Waals surface area (Å²) in [4.78, 5) is 17.0. The number of carbonyl (C=O) groups is 1. The van der Waals surface area contributed by atoms with Crippen LogP contribution in [0.1, 0.15) is 15.9 Å². The van der Waals surface area contributed by atoms with Crippen LogP contribution < -0.4 is 10.1 Å². The summed E-state index contributed by atoms with van der Waals surface area (Å²) in [5.41, 5.74) is 1.75. The van der Waals surface area contributed by atoms with E-state index in [0.717, 1.165) is 16.5 Å². The van der Waals surface area contributed by atoms with Crippen LogP contribution in [0.2, 0.25) is 0 Å². The maximum Gasteiger partial charge on any atom is 0.257 e. The van der Waals surface area contributed by atoms with Crippen molar-refractivity contribution in [3.63, 3.8) is 0 Å². The van der Waals surface area contributed by atoms with Gasteiger partial charge in [0.15, 0.2) is 15.0 Å². The molecule has 0 radical (unpaired) electrons. The Kier molecular flexibility index (Phi) is 4.49. The topological polar surface area (TPSA) is 85.4 Å². The Balaban J connectivity index is 1.92. The van der Waals surface area contributed by atoms with Gasteiger partial charge in [-0.15, -0.1) is 0 Å². The Labute approximate surface area is 149 Å². The van der Waals surface area contributed by atoms with Gasteiger partial charge in [0.1, 0.15) is 5.75 Å². The number of sulfone groups is 1. The van der Waals surface area contributed by atoms with Crippen molar-refractivity contribution in [3.8, 4) is 5.75 Å². The third kappa shape index (κ3) is 3.64. The number of hydrogen-bond donors (Lipinski definition) is 1. The van der Waals surface area contributed by atoms with E-state index in [9.17, 15) is 13.2 Å². The highest BCUT2D eigenvalue weighted by Gasteiger charge is 2.16. The summed E-state index contributed by atoms with van der Waals surface area (Å²) in [5.74, 6) is 0.319. The lowest BCUT2D eigenvalue weighted by Crippen LogP contribution is -2.14. The number of nitrogens with one attached hydrogen (secondary N) is 1. The zero-order valence-electron chi connectivity index (χ0n) is 13.9. The van der Waals surface area contributed by atoms with Gasteiger partial charge in [-0.1, -0.05) is 17.4 Å². The third-order valence-corrected chi connectivity index (χ3v) is 5.74. The monoisotopic (exact) mass is 376 g/mol. The average Bonchev–Trinajstić information content (AvgIpc) is 2.95. The highest BCUT2D eigenvalue weighted by atomic mass is 32.2. The van der Waals surface area contributed by atoms with Crippen molar-refractivity contribution in [1.82, 2.24) is 4.98 Å². The van der Waals surface area contributed by atoms with Crippen molar-refractivity contribution in [2.75, 3.05) is 18.7 Å². The summed E-state index contributed by atoms with van der Waals surface area (Å²) in [6, 6.07) is 9.96. The molecule has 3 rings (SSSR count). The predicted molar refractivity (Wildman–Crippen MR) is 98.4 cm³/mol. The van der Waals surface area contributed by atoms with Crippen molar-refractivity contribution in [2.45, 2.75) is 11.8 Å². The van der Waals surface area contributed by atoms with E-state index in [1.807, 2.05) is 12.1 Å². The van der Waals surface area contributed by atoms with Gasteiger partial charge in [0.25, 0.3) is 5.91 Å². The number of anilines is 1. The summed E-state index contributed by atoms with van der Waals surface area (Å²) in [6.07, 6.45) is 1.11. The van der Waals surface area contributed by atoms with Crippen LogP contribution >= 0.6 is 11.3 Å². The van der Waals surface area contributed by atoms with E-state index in [1.165, 1.54) is 23.5 Å². The van der Waals surface area contributed by atoms with Crippen molar-refractivity contribution >= 4 is 42.4 Å². The summed E-state index contributed by atoms with van der Waals surface area (Å²) >= 11 is 1.32. The first-order valence-electron chi connectivity index (χ1n) is 7.34. The molecule has 1 N–H and O–H groups in total. The maximum absolute atomic E-state index is 12.6. The molecule has 0 aliphatic carbocycles. The fraction of sp³-hybridized carbons (Fsp3) is 0.176. The number of aryl methyl sites for hydroxylation is 1. The van der Waals surface area contributed by atoms with Crippen molar-refractivity contribution < 1.29 is 17.9 Å². The largest absolute Gasteiger partial charge is 0.497 e. The van der Waals surface area contributed by atoms with Gasteiger partial charge in [0.05, 0.1) is 22.2 Å². The van der Waals surface area contributed by atoms with E-state index < -0.39 is 15.7 Å². The number of hydrogen-bond acceptors (Lipinski definition) is 6. The molecule has 0 unspecified atom stereocenters.